The summed E-state index contributed by atoms with van der Waals surface area (Å²) in [4.78, 5) is 39.9. The molecule has 0 aromatic heterocycles. The Bertz CT molecular complexity index is 682. The van der Waals surface area contributed by atoms with E-state index in [-0.39, 0.29) is 30.7 Å². The van der Waals surface area contributed by atoms with Crippen molar-refractivity contribution in [2.45, 2.75) is 32.4 Å². The van der Waals surface area contributed by atoms with Gasteiger partial charge in [0.2, 0.25) is 17.7 Å². The first-order valence-electron chi connectivity index (χ1n) is 7.66. The molecule has 0 radical (unpaired) electrons. The Balaban J connectivity index is 1.93. The molecule has 0 aliphatic carbocycles. The van der Waals surface area contributed by atoms with Crippen LogP contribution in [0.15, 0.2) is 35.4 Å². The van der Waals surface area contributed by atoms with Gasteiger partial charge in [0.05, 0.1) is 19.0 Å². The normalized spacial score (nSPS) is 17.7. The summed E-state index contributed by atoms with van der Waals surface area (Å²) in [6, 6.07) is 7.78. The Morgan fingerprint density at radius 3 is 2.58 bits per heavy atom. The van der Waals surface area contributed by atoms with E-state index in [1.807, 2.05) is 30.3 Å². The zero-order valence-electron chi connectivity index (χ0n) is 13.5. The predicted molar refractivity (Wildman–Crippen MR) is 86.6 cm³/mol. The largest absolute Gasteiger partial charge is 0.342 e. The van der Waals surface area contributed by atoms with Crippen molar-refractivity contribution in [3.63, 3.8) is 0 Å². The van der Waals surface area contributed by atoms with Crippen molar-refractivity contribution in [2.75, 3.05) is 6.54 Å². The SMILES string of the molecule is CC(C)C(C(=O)N=[N+]=[N-])N1CC(NC(=O)Cc2ccccc2)C1=O. The van der Waals surface area contributed by atoms with Crippen LogP contribution >= 0.6 is 0 Å². The second-order valence-electron chi connectivity index (χ2n) is 5.99. The van der Waals surface area contributed by atoms with Gasteiger partial charge in [-0.1, -0.05) is 44.2 Å². The Morgan fingerprint density at radius 2 is 2.04 bits per heavy atom. The molecular weight excluding hydrogens is 310 g/mol. The predicted octanol–water partition coefficient (Wildman–Crippen LogP) is 1.42. The van der Waals surface area contributed by atoms with Crippen LogP contribution in [0.3, 0.4) is 0 Å². The molecule has 1 aliphatic heterocycles. The van der Waals surface area contributed by atoms with Crippen LogP contribution in [0.5, 0.6) is 0 Å². The van der Waals surface area contributed by atoms with Gasteiger partial charge in [0.15, 0.2) is 0 Å². The summed E-state index contributed by atoms with van der Waals surface area (Å²) in [5.41, 5.74) is 9.25. The summed E-state index contributed by atoms with van der Waals surface area (Å²) in [5, 5.41) is 5.75. The first kappa shape index (κ1) is 17.5. The molecule has 2 unspecified atom stereocenters. The van der Waals surface area contributed by atoms with Crippen molar-refractivity contribution in [3.8, 4) is 0 Å². The topological polar surface area (TPSA) is 115 Å². The molecule has 1 aromatic carbocycles. The maximum Gasteiger partial charge on any atom is 0.247 e. The number of azide groups is 1. The van der Waals surface area contributed by atoms with E-state index in [1.54, 1.807) is 13.8 Å². The first-order chi connectivity index (χ1) is 11.4. The van der Waals surface area contributed by atoms with E-state index in [1.165, 1.54) is 4.90 Å². The molecule has 126 valence electrons. The number of amides is 3. The third kappa shape index (κ3) is 3.91. The Labute approximate surface area is 139 Å². The van der Waals surface area contributed by atoms with Gasteiger partial charge in [-0.25, -0.2) is 0 Å². The Hall–Kier alpha value is -2.86. The average molecular weight is 329 g/mol. The second kappa shape index (κ2) is 7.61. The third-order valence-corrected chi connectivity index (χ3v) is 3.87. The molecule has 1 fully saturated rings. The second-order valence-corrected chi connectivity index (χ2v) is 5.99. The van der Waals surface area contributed by atoms with Crippen LogP contribution in [-0.2, 0) is 20.8 Å². The van der Waals surface area contributed by atoms with Gasteiger partial charge in [-0.3, -0.25) is 14.4 Å². The summed E-state index contributed by atoms with van der Waals surface area (Å²) in [5.74, 6) is -1.46. The van der Waals surface area contributed by atoms with Crippen LogP contribution in [0.25, 0.3) is 10.4 Å². The number of hydrogen-bond acceptors (Lipinski definition) is 3. The van der Waals surface area contributed by atoms with Crippen molar-refractivity contribution in [3.05, 3.63) is 46.3 Å². The molecule has 0 bridgehead atoms. The number of carbonyl (C=O) groups is 3. The van der Waals surface area contributed by atoms with Gasteiger partial charge < -0.3 is 10.2 Å². The molecular formula is C16H19N5O3. The molecule has 1 saturated heterocycles. The third-order valence-electron chi connectivity index (χ3n) is 3.87. The molecule has 8 heteroatoms. The fourth-order valence-corrected chi connectivity index (χ4v) is 2.72. The molecule has 1 heterocycles. The van der Waals surface area contributed by atoms with Gasteiger partial charge in [0, 0.05) is 4.91 Å². The number of nitrogens with one attached hydrogen (secondary N) is 1. The molecule has 3 amide bonds. The maximum absolute atomic E-state index is 12.2. The molecule has 2 rings (SSSR count). The number of likely N-dealkylation sites (tertiary alicyclic amines) is 1. The van der Waals surface area contributed by atoms with E-state index in [0.717, 1.165) is 5.56 Å². The minimum absolute atomic E-state index is 0.187. The van der Waals surface area contributed by atoms with Crippen molar-refractivity contribution >= 4 is 17.7 Å². The molecule has 0 saturated carbocycles. The van der Waals surface area contributed by atoms with Gasteiger partial charge in [0.1, 0.15) is 6.04 Å². The number of nitrogens with zero attached hydrogens (tertiary/aromatic N) is 4. The van der Waals surface area contributed by atoms with Gasteiger partial charge >= 0.3 is 0 Å². The smallest absolute Gasteiger partial charge is 0.247 e. The lowest BCUT2D eigenvalue weighted by Crippen LogP contribution is -2.68. The standard InChI is InChI=1S/C16H19N5O3/c1-10(2)14(15(23)19-20-17)21-9-12(16(21)24)18-13(22)8-11-6-4-3-5-7-11/h3-7,10,12,14H,8-9H2,1-2H3,(H,18,22). The van der Waals surface area contributed by atoms with Crippen LogP contribution < -0.4 is 5.32 Å². The van der Waals surface area contributed by atoms with E-state index < -0.39 is 18.0 Å². The van der Waals surface area contributed by atoms with Crippen LogP contribution in [0.1, 0.15) is 19.4 Å². The summed E-state index contributed by atoms with van der Waals surface area (Å²) in [7, 11) is 0. The number of hydrogen-bond donors (Lipinski definition) is 1. The number of β-lactam (4-membered cyclic amide) rings is 1. The van der Waals surface area contributed by atoms with Crippen LogP contribution in [-0.4, -0.2) is 41.2 Å². The average Bonchev–Trinajstić information content (AvgIpc) is 2.54. The summed E-state index contributed by atoms with van der Waals surface area (Å²) >= 11 is 0. The summed E-state index contributed by atoms with van der Waals surface area (Å²) in [6.45, 7) is 3.77. The molecule has 1 N–H and O–H groups in total. The lowest BCUT2D eigenvalue weighted by Gasteiger charge is -2.44. The summed E-state index contributed by atoms with van der Waals surface area (Å²) in [6.07, 6.45) is 0.190. The first-order valence-corrected chi connectivity index (χ1v) is 7.66. The lowest BCUT2D eigenvalue weighted by molar-refractivity contribution is -0.154. The van der Waals surface area contributed by atoms with E-state index in [9.17, 15) is 14.4 Å². The minimum atomic E-state index is -0.796. The number of benzene rings is 1. The van der Waals surface area contributed by atoms with Gasteiger partial charge in [-0.15, -0.1) is 0 Å². The van der Waals surface area contributed by atoms with Gasteiger partial charge in [-0.2, -0.15) is 0 Å². The molecule has 24 heavy (non-hydrogen) atoms. The van der Waals surface area contributed by atoms with E-state index in [0.29, 0.717) is 0 Å². The fourth-order valence-electron chi connectivity index (χ4n) is 2.72. The Kier molecular flexibility index (Phi) is 5.55. The highest BCUT2D eigenvalue weighted by Crippen LogP contribution is 2.21. The van der Waals surface area contributed by atoms with Gasteiger partial charge in [0.25, 0.3) is 0 Å². The van der Waals surface area contributed by atoms with Crippen molar-refractivity contribution in [1.82, 2.24) is 10.2 Å². The highest BCUT2D eigenvalue weighted by molar-refractivity contribution is 5.96. The van der Waals surface area contributed by atoms with Gasteiger partial charge in [-0.05, 0) is 22.1 Å². The fraction of sp³-hybridized carbons (Fsp3) is 0.438. The van der Waals surface area contributed by atoms with Crippen LogP contribution in [0.4, 0.5) is 0 Å². The summed E-state index contributed by atoms with van der Waals surface area (Å²) < 4.78 is 0. The quantitative estimate of drug-likeness (QED) is 0.368. The molecule has 8 nitrogen and oxygen atoms in total. The minimum Gasteiger partial charge on any atom is -0.342 e. The van der Waals surface area contributed by atoms with Crippen LogP contribution in [0, 0.1) is 5.92 Å². The van der Waals surface area contributed by atoms with Crippen molar-refractivity contribution < 1.29 is 14.4 Å². The van der Waals surface area contributed by atoms with E-state index >= 15 is 0 Å². The van der Waals surface area contributed by atoms with Crippen molar-refractivity contribution in [2.24, 2.45) is 11.0 Å². The number of rotatable bonds is 6. The molecule has 2 atom stereocenters. The molecule has 1 aromatic rings. The monoisotopic (exact) mass is 329 g/mol. The van der Waals surface area contributed by atoms with E-state index in [2.05, 4.69) is 15.3 Å². The number of carbonyl (C=O) groups excluding carboxylic acids is 3. The zero-order valence-corrected chi connectivity index (χ0v) is 13.5. The zero-order chi connectivity index (χ0) is 17.7. The van der Waals surface area contributed by atoms with Crippen molar-refractivity contribution in [1.29, 1.82) is 0 Å². The Morgan fingerprint density at radius 1 is 1.38 bits per heavy atom. The lowest BCUT2D eigenvalue weighted by atomic mass is 9.95. The highest BCUT2D eigenvalue weighted by atomic mass is 16.2. The van der Waals surface area contributed by atoms with E-state index in [4.69, 9.17) is 5.53 Å². The maximum atomic E-state index is 12.2. The molecule has 1 aliphatic rings. The van der Waals surface area contributed by atoms with Crippen LogP contribution in [0.2, 0.25) is 0 Å². The molecule has 0 spiro atoms. The highest BCUT2D eigenvalue weighted by Gasteiger charge is 2.44.